The lowest BCUT2D eigenvalue weighted by molar-refractivity contribution is -0.112. The SMILES string of the molecule is CCC(C)(OC)C(C)=CC(C)=O. The highest BCUT2D eigenvalue weighted by Crippen LogP contribution is 2.23. The molecule has 0 aromatic rings. The highest BCUT2D eigenvalue weighted by atomic mass is 16.5. The van der Waals surface area contributed by atoms with Gasteiger partial charge in [-0.2, -0.15) is 0 Å². The Kier molecular flexibility index (Phi) is 4.18. The molecule has 12 heavy (non-hydrogen) atoms. The Morgan fingerprint density at radius 1 is 1.50 bits per heavy atom. The van der Waals surface area contributed by atoms with Crippen molar-refractivity contribution in [1.29, 1.82) is 0 Å². The van der Waals surface area contributed by atoms with Crippen molar-refractivity contribution in [3.63, 3.8) is 0 Å². The number of allylic oxidation sites excluding steroid dienone is 1. The number of hydrogen-bond donors (Lipinski definition) is 0. The van der Waals surface area contributed by atoms with Gasteiger partial charge in [0.25, 0.3) is 0 Å². The first-order valence-electron chi connectivity index (χ1n) is 4.20. The topological polar surface area (TPSA) is 26.3 Å². The van der Waals surface area contributed by atoms with Crippen LogP contribution in [0.15, 0.2) is 11.6 Å². The van der Waals surface area contributed by atoms with Crippen molar-refractivity contribution in [1.82, 2.24) is 0 Å². The van der Waals surface area contributed by atoms with Gasteiger partial charge in [-0.1, -0.05) is 6.92 Å². The Bertz CT molecular complexity index is 188. The van der Waals surface area contributed by atoms with Gasteiger partial charge < -0.3 is 4.74 Å². The Morgan fingerprint density at radius 2 is 2.00 bits per heavy atom. The van der Waals surface area contributed by atoms with Crippen LogP contribution < -0.4 is 0 Å². The van der Waals surface area contributed by atoms with Gasteiger partial charge in [0.1, 0.15) is 0 Å². The summed E-state index contributed by atoms with van der Waals surface area (Å²) in [5.41, 5.74) is 0.700. The quantitative estimate of drug-likeness (QED) is 0.605. The van der Waals surface area contributed by atoms with Gasteiger partial charge in [-0.05, 0) is 38.8 Å². The molecule has 0 saturated carbocycles. The van der Waals surface area contributed by atoms with Crippen molar-refractivity contribution in [3.05, 3.63) is 11.6 Å². The van der Waals surface area contributed by atoms with E-state index < -0.39 is 0 Å². The van der Waals surface area contributed by atoms with E-state index in [1.165, 1.54) is 0 Å². The number of hydrogen-bond acceptors (Lipinski definition) is 2. The molecule has 0 saturated heterocycles. The normalized spacial score (nSPS) is 17.2. The van der Waals surface area contributed by atoms with E-state index in [0.29, 0.717) is 0 Å². The lowest BCUT2D eigenvalue weighted by atomic mass is 9.93. The molecule has 1 atom stereocenters. The third-order valence-corrected chi connectivity index (χ3v) is 2.38. The van der Waals surface area contributed by atoms with Crippen LogP contribution in [0.25, 0.3) is 0 Å². The van der Waals surface area contributed by atoms with Gasteiger partial charge in [-0.25, -0.2) is 0 Å². The van der Waals surface area contributed by atoms with Crippen molar-refractivity contribution >= 4 is 5.78 Å². The molecule has 2 nitrogen and oxygen atoms in total. The second-order valence-electron chi connectivity index (χ2n) is 3.23. The van der Waals surface area contributed by atoms with E-state index in [4.69, 9.17) is 4.74 Å². The van der Waals surface area contributed by atoms with E-state index in [1.807, 2.05) is 20.8 Å². The van der Waals surface area contributed by atoms with Crippen LogP contribution in [0.3, 0.4) is 0 Å². The van der Waals surface area contributed by atoms with Crippen LogP contribution in [0.2, 0.25) is 0 Å². The third-order valence-electron chi connectivity index (χ3n) is 2.38. The van der Waals surface area contributed by atoms with E-state index in [1.54, 1.807) is 20.1 Å². The first-order chi connectivity index (χ1) is 5.46. The van der Waals surface area contributed by atoms with Gasteiger partial charge in [0.15, 0.2) is 5.78 Å². The van der Waals surface area contributed by atoms with Gasteiger partial charge in [0.2, 0.25) is 0 Å². The largest absolute Gasteiger partial charge is 0.374 e. The maximum Gasteiger partial charge on any atom is 0.152 e. The fourth-order valence-corrected chi connectivity index (χ4v) is 1.04. The van der Waals surface area contributed by atoms with Crippen LogP contribution >= 0.6 is 0 Å². The first-order valence-corrected chi connectivity index (χ1v) is 4.20. The summed E-state index contributed by atoms with van der Waals surface area (Å²) in [6.07, 6.45) is 2.51. The van der Waals surface area contributed by atoms with Crippen LogP contribution in [-0.4, -0.2) is 18.5 Å². The van der Waals surface area contributed by atoms with E-state index in [9.17, 15) is 4.79 Å². The Labute approximate surface area is 74.6 Å². The minimum atomic E-state index is -0.286. The molecule has 0 N–H and O–H groups in total. The molecular formula is C10H18O2. The van der Waals surface area contributed by atoms with Crippen LogP contribution in [0.5, 0.6) is 0 Å². The highest BCUT2D eigenvalue weighted by molar-refractivity contribution is 5.88. The van der Waals surface area contributed by atoms with E-state index in [2.05, 4.69) is 0 Å². The fourth-order valence-electron chi connectivity index (χ4n) is 1.04. The molecular weight excluding hydrogens is 152 g/mol. The molecule has 0 aliphatic rings. The molecule has 0 bridgehead atoms. The molecule has 0 fully saturated rings. The Balaban J connectivity index is 4.63. The van der Waals surface area contributed by atoms with E-state index in [-0.39, 0.29) is 11.4 Å². The molecule has 0 radical (unpaired) electrons. The lowest BCUT2D eigenvalue weighted by Gasteiger charge is -2.27. The van der Waals surface area contributed by atoms with Crippen LogP contribution in [0, 0.1) is 0 Å². The molecule has 0 rings (SSSR count). The standard InChI is InChI=1S/C10H18O2/c1-6-10(4,12-5)8(2)7-9(3)11/h7H,6H2,1-5H3. The second-order valence-corrected chi connectivity index (χ2v) is 3.23. The summed E-state index contributed by atoms with van der Waals surface area (Å²) >= 11 is 0. The zero-order valence-electron chi connectivity index (χ0n) is 8.60. The number of ether oxygens (including phenoxy) is 1. The van der Waals surface area contributed by atoms with Crippen LogP contribution in [0.4, 0.5) is 0 Å². The molecule has 0 aliphatic heterocycles. The predicted molar refractivity (Wildman–Crippen MR) is 50.1 cm³/mol. The summed E-state index contributed by atoms with van der Waals surface area (Å²) in [6, 6.07) is 0. The number of carbonyl (C=O) groups excluding carboxylic acids is 1. The van der Waals surface area contributed by atoms with Gasteiger partial charge >= 0.3 is 0 Å². The molecule has 0 aromatic carbocycles. The number of rotatable bonds is 4. The zero-order valence-corrected chi connectivity index (χ0v) is 8.60. The minimum Gasteiger partial charge on any atom is -0.374 e. The molecule has 2 heteroatoms. The van der Waals surface area contributed by atoms with Gasteiger partial charge in [-0.15, -0.1) is 0 Å². The highest BCUT2D eigenvalue weighted by Gasteiger charge is 2.23. The zero-order chi connectivity index (χ0) is 9.78. The first kappa shape index (κ1) is 11.4. The molecule has 0 spiro atoms. The molecule has 0 heterocycles. The van der Waals surface area contributed by atoms with E-state index >= 15 is 0 Å². The third kappa shape index (κ3) is 2.78. The van der Waals surface area contributed by atoms with Crippen LogP contribution in [0.1, 0.15) is 34.1 Å². The monoisotopic (exact) mass is 170 g/mol. The lowest BCUT2D eigenvalue weighted by Crippen LogP contribution is -2.28. The van der Waals surface area contributed by atoms with Crippen molar-refractivity contribution in [2.24, 2.45) is 0 Å². The van der Waals surface area contributed by atoms with Crippen molar-refractivity contribution in [2.75, 3.05) is 7.11 Å². The summed E-state index contributed by atoms with van der Waals surface area (Å²) in [7, 11) is 1.67. The number of carbonyl (C=O) groups is 1. The summed E-state index contributed by atoms with van der Waals surface area (Å²) in [6.45, 7) is 7.51. The molecule has 70 valence electrons. The van der Waals surface area contributed by atoms with Gasteiger partial charge in [0, 0.05) is 7.11 Å². The summed E-state index contributed by atoms with van der Waals surface area (Å²) < 4.78 is 5.33. The molecule has 0 aliphatic carbocycles. The van der Waals surface area contributed by atoms with Crippen molar-refractivity contribution in [3.8, 4) is 0 Å². The summed E-state index contributed by atoms with van der Waals surface area (Å²) in [5.74, 6) is 0.0734. The smallest absolute Gasteiger partial charge is 0.152 e. The molecule has 1 unspecified atom stereocenters. The summed E-state index contributed by atoms with van der Waals surface area (Å²) in [4.78, 5) is 10.8. The fraction of sp³-hybridized carbons (Fsp3) is 0.700. The molecule has 0 aromatic heterocycles. The summed E-state index contributed by atoms with van der Waals surface area (Å²) in [5, 5.41) is 0. The van der Waals surface area contributed by atoms with Gasteiger partial charge in [-0.3, -0.25) is 4.79 Å². The average Bonchev–Trinajstić information content (AvgIpc) is 2.02. The maximum atomic E-state index is 10.8. The maximum absolute atomic E-state index is 10.8. The number of ketones is 1. The van der Waals surface area contributed by atoms with E-state index in [0.717, 1.165) is 12.0 Å². The molecule has 0 amide bonds. The minimum absolute atomic E-state index is 0.0734. The van der Waals surface area contributed by atoms with Crippen molar-refractivity contribution in [2.45, 2.75) is 39.7 Å². The Morgan fingerprint density at radius 3 is 2.25 bits per heavy atom. The number of methoxy groups -OCH3 is 1. The Hall–Kier alpha value is -0.630. The van der Waals surface area contributed by atoms with Gasteiger partial charge in [0.05, 0.1) is 5.60 Å². The second kappa shape index (κ2) is 4.41. The van der Waals surface area contributed by atoms with Crippen LogP contribution in [-0.2, 0) is 9.53 Å². The van der Waals surface area contributed by atoms with Crippen molar-refractivity contribution < 1.29 is 9.53 Å². The average molecular weight is 170 g/mol. The predicted octanol–water partition coefficient (Wildman–Crippen LogP) is 2.34.